The Kier molecular flexibility index (Phi) is 5.53. The summed E-state index contributed by atoms with van der Waals surface area (Å²) >= 11 is 1.46. The minimum absolute atomic E-state index is 0.0805. The molecular formula is C20H21N3O4S2. The van der Waals surface area contributed by atoms with Crippen LogP contribution in [0.4, 0.5) is 5.69 Å². The molecular weight excluding hydrogens is 410 g/mol. The molecule has 152 valence electrons. The van der Waals surface area contributed by atoms with Gasteiger partial charge in [0, 0.05) is 24.3 Å². The van der Waals surface area contributed by atoms with Crippen molar-refractivity contribution in [3.05, 3.63) is 47.5 Å². The summed E-state index contributed by atoms with van der Waals surface area (Å²) in [7, 11) is -3.69. The minimum Gasteiger partial charge on any atom is -0.492 e. The van der Waals surface area contributed by atoms with Crippen molar-refractivity contribution in [3.8, 4) is 5.75 Å². The summed E-state index contributed by atoms with van der Waals surface area (Å²) in [5.41, 5.74) is 3.46. The van der Waals surface area contributed by atoms with E-state index in [2.05, 4.69) is 10.3 Å². The largest absolute Gasteiger partial charge is 0.492 e. The molecule has 29 heavy (non-hydrogen) atoms. The summed E-state index contributed by atoms with van der Waals surface area (Å²) in [6.07, 6.45) is 1.69. The molecule has 0 spiro atoms. The van der Waals surface area contributed by atoms with Crippen molar-refractivity contribution in [1.82, 2.24) is 9.29 Å². The SMILES string of the molecule is CCOc1ccc(NC(=O)c2ccc3ncsc3c2)cc1S(=O)(=O)N1CCCC1. The van der Waals surface area contributed by atoms with Crippen molar-refractivity contribution >= 4 is 43.2 Å². The molecule has 4 rings (SSSR count). The van der Waals surface area contributed by atoms with E-state index < -0.39 is 10.0 Å². The van der Waals surface area contributed by atoms with E-state index in [4.69, 9.17) is 4.74 Å². The number of thiazole rings is 1. The van der Waals surface area contributed by atoms with E-state index in [9.17, 15) is 13.2 Å². The molecule has 1 saturated heterocycles. The number of anilines is 1. The monoisotopic (exact) mass is 431 g/mol. The molecule has 2 heterocycles. The van der Waals surface area contributed by atoms with E-state index in [1.54, 1.807) is 42.8 Å². The third-order valence-electron chi connectivity index (χ3n) is 4.78. The number of carbonyl (C=O) groups excluding carboxylic acids is 1. The van der Waals surface area contributed by atoms with Crippen LogP contribution in [0.1, 0.15) is 30.1 Å². The lowest BCUT2D eigenvalue weighted by Gasteiger charge is -2.19. The lowest BCUT2D eigenvalue weighted by Crippen LogP contribution is -2.28. The van der Waals surface area contributed by atoms with Gasteiger partial charge in [-0.3, -0.25) is 4.79 Å². The summed E-state index contributed by atoms with van der Waals surface area (Å²) < 4.78 is 34.1. The third kappa shape index (κ3) is 3.98. The molecule has 0 saturated carbocycles. The molecule has 1 fully saturated rings. The quantitative estimate of drug-likeness (QED) is 0.642. The van der Waals surface area contributed by atoms with Crippen molar-refractivity contribution in [2.24, 2.45) is 0 Å². The second-order valence-electron chi connectivity index (χ2n) is 6.69. The van der Waals surface area contributed by atoms with Crippen LogP contribution in [0.2, 0.25) is 0 Å². The van der Waals surface area contributed by atoms with Gasteiger partial charge in [0.2, 0.25) is 10.0 Å². The third-order valence-corrected chi connectivity index (χ3v) is 7.49. The van der Waals surface area contributed by atoms with E-state index in [0.29, 0.717) is 36.7 Å². The highest BCUT2D eigenvalue weighted by Gasteiger charge is 2.30. The number of ether oxygens (including phenoxy) is 1. The van der Waals surface area contributed by atoms with Gasteiger partial charge in [-0.2, -0.15) is 4.31 Å². The van der Waals surface area contributed by atoms with Crippen molar-refractivity contribution in [2.75, 3.05) is 25.0 Å². The summed E-state index contributed by atoms with van der Waals surface area (Å²) in [4.78, 5) is 17.0. The number of sulfonamides is 1. The molecule has 0 unspecified atom stereocenters. The van der Waals surface area contributed by atoms with Gasteiger partial charge in [0.25, 0.3) is 5.91 Å². The highest BCUT2D eigenvalue weighted by molar-refractivity contribution is 7.89. The highest BCUT2D eigenvalue weighted by atomic mass is 32.2. The first-order valence-corrected chi connectivity index (χ1v) is 11.7. The number of hydrogen-bond donors (Lipinski definition) is 1. The van der Waals surface area contributed by atoms with Crippen LogP contribution in [0, 0.1) is 0 Å². The standard InChI is InChI=1S/C20H21N3O4S2/c1-2-27-17-8-6-15(12-19(17)29(25,26)23-9-3-4-10-23)22-20(24)14-5-7-16-18(11-14)28-13-21-16/h5-8,11-13H,2-4,9-10H2,1H3,(H,22,24). The predicted octanol–water partition coefficient (Wildman–Crippen LogP) is 3.73. The number of benzene rings is 2. The molecule has 1 aliphatic rings. The Morgan fingerprint density at radius 2 is 2.00 bits per heavy atom. The summed E-state index contributed by atoms with van der Waals surface area (Å²) in [5.74, 6) is -0.0162. The number of nitrogens with one attached hydrogen (secondary N) is 1. The molecule has 0 aliphatic carbocycles. The zero-order valence-corrected chi connectivity index (χ0v) is 17.6. The second-order valence-corrected chi connectivity index (χ2v) is 9.49. The van der Waals surface area contributed by atoms with Crippen LogP contribution in [0.3, 0.4) is 0 Å². The Balaban J connectivity index is 1.64. The number of aromatic nitrogens is 1. The van der Waals surface area contributed by atoms with Gasteiger partial charge in [-0.25, -0.2) is 13.4 Å². The van der Waals surface area contributed by atoms with Gasteiger partial charge < -0.3 is 10.1 Å². The molecule has 1 amide bonds. The molecule has 2 aromatic carbocycles. The Bertz CT molecular complexity index is 1150. The fraction of sp³-hybridized carbons (Fsp3) is 0.300. The van der Waals surface area contributed by atoms with Crippen molar-refractivity contribution < 1.29 is 17.9 Å². The molecule has 1 aliphatic heterocycles. The Labute approximate surface area is 173 Å². The van der Waals surface area contributed by atoms with Crippen molar-refractivity contribution in [2.45, 2.75) is 24.7 Å². The van der Waals surface area contributed by atoms with Gasteiger partial charge in [0.15, 0.2) is 0 Å². The molecule has 1 aromatic heterocycles. The van der Waals surface area contributed by atoms with E-state index >= 15 is 0 Å². The topological polar surface area (TPSA) is 88.6 Å². The van der Waals surface area contributed by atoms with E-state index in [1.165, 1.54) is 21.7 Å². The van der Waals surface area contributed by atoms with Gasteiger partial charge in [-0.1, -0.05) is 0 Å². The first-order chi connectivity index (χ1) is 14.0. The number of amides is 1. The fourth-order valence-corrected chi connectivity index (χ4v) is 5.72. The summed E-state index contributed by atoms with van der Waals surface area (Å²) in [5, 5.41) is 2.79. The number of rotatable bonds is 6. The zero-order chi connectivity index (χ0) is 20.4. The lowest BCUT2D eigenvalue weighted by atomic mass is 10.2. The van der Waals surface area contributed by atoms with Crippen molar-refractivity contribution in [1.29, 1.82) is 0 Å². The van der Waals surface area contributed by atoms with Crippen LogP contribution < -0.4 is 10.1 Å². The van der Waals surface area contributed by atoms with E-state index in [-0.39, 0.29) is 10.8 Å². The number of hydrogen-bond acceptors (Lipinski definition) is 6. The first-order valence-electron chi connectivity index (χ1n) is 9.40. The summed E-state index contributed by atoms with van der Waals surface area (Å²) in [6, 6.07) is 9.99. The van der Waals surface area contributed by atoms with Crippen LogP contribution in [-0.2, 0) is 10.0 Å². The van der Waals surface area contributed by atoms with Crippen LogP contribution in [0.25, 0.3) is 10.2 Å². The second kappa shape index (κ2) is 8.10. The number of carbonyl (C=O) groups is 1. The zero-order valence-electron chi connectivity index (χ0n) is 15.9. The van der Waals surface area contributed by atoms with Crippen molar-refractivity contribution in [3.63, 3.8) is 0 Å². The molecule has 0 atom stereocenters. The van der Waals surface area contributed by atoms with Gasteiger partial charge in [0.1, 0.15) is 10.6 Å². The average molecular weight is 432 g/mol. The number of fused-ring (bicyclic) bond motifs is 1. The Hall–Kier alpha value is -2.49. The highest BCUT2D eigenvalue weighted by Crippen LogP contribution is 2.32. The van der Waals surface area contributed by atoms with Crippen LogP contribution in [-0.4, -0.2) is 43.3 Å². The van der Waals surface area contributed by atoms with Crippen LogP contribution in [0.5, 0.6) is 5.75 Å². The van der Waals surface area contributed by atoms with Gasteiger partial charge in [-0.05, 0) is 56.2 Å². The predicted molar refractivity (Wildman–Crippen MR) is 113 cm³/mol. The minimum atomic E-state index is -3.69. The Morgan fingerprint density at radius 1 is 1.21 bits per heavy atom. The summed E-state index contributed by atoms with van der Waals surface area (Å²) in [6.45, 7) is 3.15. The van der Waals surface area contributed by atoms with Crippen LogP contribution in [0.15, 0.2) is 46.8 Å². The molecule has 0 bridgehead atoms. The molecule has 7 nitrogen and oxygen atoms in total. The lowest BCUT2D eigenvalue weighted by molar-refractivity contribution is 0.102. The molecule has 0 radical (unpaired) electrons. The smallest absolute Gasteiger partial charge is 0.255 e. The average Bonchev–Trinajstić information content (AvgIpc) is 3.40. The van der Waals surface area contributed by atoms with Gasteiger partial charge in [-0.15, -0.1) is 11.3 Å². The maximum absolute atomic E-state index is 13.1. The fourth-order valence-electron chi connectivity index (χ4n) is 3.33. The first kappa shape index (κ1) is 19.8. The Morgan fingerprint density at radius 3 is 2.76 bits per heavy atom. The van der Waals surface area contributed by atoms with Crippen LogP contribution >= 0.6 is 11.3 Å². The maximum atomic E-state index is 13.1. The molecule has 3 aromatic rings. The number of nitrogens with zero attached hydrogens (tertiary/aromatic N) is 2. The molecule has 9 heteroatoms. The van der Waals surface area contributed by atoms with E-state index in [1.807, 2.05) is 0 Å². The van der Waals surface area contributed by atoms with Gasteiger partial charge >= 0.3 is 0 Å². The normalized spacial score (nSPS) is 14.9. The van der Waals surface area contributed by atoms with Gasteiger partial charge in [0.05, 0.1) is 22.3 Å². The molecule has 1 N–H and O–H groups in total. The maximum Gasteiger partial charge on any atom is 0.255 e. The van der Waals surface area contributed by atoms with E-state index in [0.717, 1.165) is 23.1 Å².